The minimum absolute atomic E-state index is 0.00944. The summed E-state index contributed by atoms with van der Waals surface area (Å²) in [5, 5.41) is 7.73. The first kappa shape index (κ1) is 24.9. The number of benzene rings is 1. The largest absolute Gasteiger partial charge is 0.402 e. The second-order valence-electron chi connectivity index (χ2n) is 9.87. The zero-order valence-corrected chi connectivity index (χ0v) is 22.5. The van der Waals surface area contributed by atoms with Crippen molar-refractivity contribution >= 4 is 33.6 Å². The van der Waals surface area contributed by atoms with Gasteiger partial charge in [0.15, 0.2) is 11.6 Å². The van der Waals surface area contributed by atoms with E-state index in [1.807, 2.05) is 55.4 Å². The highest BCUT2D eigenvalue weighted by atomic mass is 32.1. The third-order valence-electron chi connectivity index (χ3n) is 6.59. The number of allylic oxidation sites excluding steroid dienone is 3. The summed E-state index contributed by atoms with van der Waals surface area (Å²) in [6.07, 6.45) is 7.68. The van der Waals surface area contributed by atoms with Crippen LogP contribution < -0.4 is 5.73 Å². The van der Waals surface area contributed by atoms with E-state index in [9.17, 15) is 4.79 Å². The maximum absolute atomic E-state index is 16.1. The first-order valence-electron chi connectivity index (χ1n) is 12.4. The van der Waals surface area contributed by atoms with Gasteiger partial charge in [0.05, 0.1) is 21.5 Å². The molecule has 10 heteroatoms. The Morgan fingerprint density at radius 2 is 2.00 bits per heavy atom. The van der Waals surface area contributed by atoms with E-state index in [-0.39, 0.29) is 5.78 Å². The lowest BCUT2D eigenvalue weighted by Crippen LogP contribution is -2.10. The van der Waals surface area contributed by atoms with Gasteiger partial charge in [-0.25, -0.2) is 9.37 Å². The average molecular weight is 540 g/mol. The molecular weight excluding hydrogens is 513 g/mol. The van der Waals surface area contributed by atoms with Crippen LogP contribution in [0.4, 0.5) is 4.39 Å². The Labute approximate surface area is 228 Å². The smallest absolute Gasteiger partial charge is 0.169 e. The zero-order chi connectivity index (χ0) is 27.3. The molecule has 0 aliphatic heterocycles. The fourth-order valence-electron chi connectivity index (χ4n) is 4.83. The lowest BCUT2D eigenvalue weighted by molar-refractivity contribution is 0.102. The van der Waals surface area contributed by atoms with E-state index >= 15 is 4.39 Å². The van der Waals surface area contributed by atoms with E-state index in [1.54, 1.807) is 25.4 Å². The number of fused-ring (bicyclic) bond motifs is 2. The molecule has 0 bridgehead atoms. The number of imidazole rings is 1. The summed E-state index contributed by atoms with van der Waals surface area (Å²) in [6, 6.07) is 9.24. The predicted octanol–water partition coefficient (Wildman–Crippen LogP) is 5.31. The second kappa shape index (κ2) is 9.72. The van der Waals surface area contributed by atoms with Gasteiger partial charge in [-0.1, -0.05) is 0 Å². The van der Waals surface area contributed by atoms with Crippen molar-refractivity contribution in [1.82, 2.24) is 30.0 Å². The molecule has 1 aliphatic carbocycles. The number of aromatic nitrogens is 5. The van der Waals surface area contributed by atoms with E-state index in [1.165, 1.54) is 11.3 Å². The topological polar surface area (TPSA) is 117 Å². The second-order valence-corrected chi connectivity index (χ2v) is 11.0. The van der Waals surface area contributed by atoms with Crippen LogP contribution >= 0.6 is 11.3 Å². The molecule has 0 radical (unpaired) electrons. The van der Waals surface area contributed by atoms with Crippen molar-refractivity contribution in [1.29, 1.82) is 0 Å². The van der Waals surface area contributed by atoms with Crippen LogP contribution in [-0.4, -0.2) is 49.9 Å². The van der Waals surface area contributed by atoms with E-state index < -0.39 is 5.82 Å². The molecule has 4 N–H and O–H groups in total. The summed E-state index contributed by atoms with van der Waals surface area (Å²) in [5.41, 5.74) is 12.3. The standard InChI is InChI=1S/C29H26FN7OS/c1-15(38)23-8-9-24(39-23)20-5-4-18(31)11-22-27(20)34-29(33-22)28-25-21(35-36-28)7-6-19(26(25)30)17-10-16(12-32-13-17)14-37(2)3/h4-10,12-13H,11,14,31H2,1-3H3,(H,33,34)(H,35,36). The third-order valence-corrected chi connectivity index (χ3v) is 7.81. The maximum Gasteiger partial charge on any atom is 0.169 e. The van der Waals surface area contributed by atoms with Crippen molar-refractivity contribution in [2.75, 3.05) is 14.1 Å². The third kappa shape index (κ3) is 4.58. The van der Waals surface area contributed by atoms with Crippen LogP contribution in [0.25, 0.3) is 39.1 Å². The zero-order valence-electron chi connectivity index (χ0n) is 21.7. The van der Waals surface area contributed by atoms with Crippen molar-refractivity contribution in [2.45, 2.75) is 19.9 Å². The summed E-state index contributed by atoms with van der Waals surface area (Å²) < 4.78 is 16.1. The predicted molar refractivity (Wildman–Crippen MR) is 152 cm³/mol. The highest BCUT2D eigenvalue weighted by Crippen LogP contribution is 2.37. The summed E-state index contributed by atoms with van der Waals surface area (Å²) >= 11 is 1.41. The molecule has 0 fully saturated rings. The number of Topliss-reactive ketones (excluding diaryl/α,β-unsaturated/α-hetero) is 1. The summed E-state index contributed by atoms with van der Waals surface area (Å²) in [7, 11) is 3.96. The van der Waals surface area contributed by atoms with Gasteiger partial charge in [-0.3, -0.25) is 14.9 Å². The van der Waals surface area contributed by atoms with Gasteiger partial charge >= 0.3 is 0 Å². The number of carbonyl (C=O) groups is 1. The van der Waals surface area contributed by atoms with Crippen molar-refractivity contribution in [3.8, 4) is 22.6 Å². The first-order chi connectivity index (χ1) is 18.8. The molecule has 1 aromatic carbocycles. The van der Waals surface area contributed by atoms with E-state index in [0.29, 0.717) is 62.8 Å². The van der Waals surface area contributed by atoms with Crippen LogP contribution in [0, 0.1) is 5.82 Å². The average Bonchev–Trinajstić information content (AvgIpc) is 3.62. The number of aromatic amines is 2. The number of carbonyl (C=O) groups excluding carboxylic acids is 1. The molecule has 0 saturated carbocycles. The molecule has 39 heavy (non-hydrogen) atoms. The number of hydrogen-bond acceptors (Lipinski definition) is 7. The summed E-state index contributed by atoms with van der Waals surface area (Å²) in [6.45, 7) is 2.25. The van der Waals surface area contributed by atoms with Gasteiger partial charge < -0.3 is 15.6 Å². The van der Waals surface area contributed by atoms with Gasteiger partial charge in [-0.15, -0.1) is 11.3 Å². The normalized spacial score (nSPS) is 13.4. The molecule has 0 amide bonds. The number of nitrogens with two attached hydrogens (primary N) is 1. The summed E-state index contributed by atoms with van der Waals surface area (Å²) in [4.78, 5) is 28.1. The van der Waals surface area contributed by atoms with Gasteiger partial charge in [0.25, 0.3) is 0 Å². The van der Waals surface area contributed by atoms with Crippen LogP contribution in [0.5, 0.6) is 0 Å². The lowest BCUT2D eigenvalue weighted by Gasteiger charge is -2.11. The Hall–Kier alpha value is -4.41. The number of pyridine rings is 1. The first-order valence-corrected chi connectivity index (χ1v) is 13.2. The van der Waals surface area contributed by atoms with Gasteiger partial charge in [0, 0.05) is 58.3 Å². The van der Waals surface area contributed by atoms with Crippen molar-refractivity contribution < 1.29 is 9.18 Å². The van der Waals surface area contributed by atoms with Crippen LogP contribution in [0.3, 0.4) is 0 Å². The Balaban J connectivity index is 1.46. The quantitative estimate of drug-likeness (QED) is 0.252. The van der Waals surface area contributed by atoms with Gasteiger partial charge in [0.1, 0.15) is 11.5 Å². The molecule has 0 spiro atoms. The van der Waals surface area contributed by atoms with Crippen LogP contribution in [0.2, 0.25) is 0 Å². The number of ketones is 1. The number of rotatable bonds is 6. The van der Waals surface area contributed by atoms with Crippen LogP contribution in [0.15, 0.2) is 60.6 Å². The van der Waals surface area contributed by atoms with Crippen LogP contribution in [0.1, 0.15) is 38.4 Å². The lowest BCUT2D eigenvalue weighted by atomic mass is 10.0. The van der Waals surface area contributed by atoms with Gasteiger partial charge in [-0.05, 0) is 69.1 Å². The summed E-state index contributed by atoms with van der Waals surface area (Å²) in [5.74, 6) is 0.0482. The number of halogens is 1. The molecule has 4 aromatic heterocycles. The molecule has 1 aliphatic rings. The number of hydrogen-bond donors (Lipinski definition) is 3. The van der Waals surface area contributed by atoms with E-state index in [2.05, 4.69) is 20.2 Å². The molecule has 0 unspecified atom stereocenters. The fourth-order valence-corrected chi connectivity index (χ4v) is 5.76. The fraction of sp³-hybridized carbons (Fsp3) is 0.172. The van der Waals surface area contributed by atoms with Gasteiger partial charge in [0.2, 0.25) is 0 Å². The Morgan fingerprint density at radius 3 is 2.77 bits per heavy atom. The molecular formula is C29H26FN7OS. The van der Waals surface area contributed by atoms with E-state index in [0.717, 1.165) is 21.7 Å². The van der Waals surface area contributed by atoms with Crippen molar-refractivity contribution in [2.24, 2.45) is 5.73 Å². The number of nitrogens with one attached hydrogen (secondary N) is 2. The number of H-pyrrole nitrogens is 2. The molecule has 4 heterocycles. The highest BCUT2D eigenvalue weighted by Gasteiger charge is 2.24. The van der Waals surface area contributed by atoms with Crippen LogP contribution in [-0.2, 0) is 13.0 Å². The monoisotopic (exact) mass is 539 g/mol. The SMILES string of the molecule is CC(=O)c1ccc(C2=CC=C(N)Cc3[nH]c(-c4n[nH]c5ccc(-c6cncc(CN(C)C)c6)c(F)c45)nc32)s1. The van der Waals surface area contributed by atoms with Crippen molar-refractivity contribution in [3.63, 3.8) is 0 Å². The molecule has 0 saturated heterocycles. The van der Waals surface area contributed by atoms with Crippen molar-refractivity contribution in [3.05, 3.63) is 93.1 Å². The minimum atomic E-state index is -0.397. The molecule has 8 nitrogen and oxygen atoms in total. The molecule has 0 atom stereocenters. The van der Waals surface area contributed by atoms with Gasteiger partial charge in [-0.2, -0.15) is 5.10 Å². The Kier molecular flexibility index (Phi) is 6.20. The Bertz CT molecular complexity index is 1810. The molecule has 6 rings (SSSR count). The Morgan fingerprint density at radius 1 is 1.15 bits per heavy atom. The number of nitrogens with zero attached hydrogens (tertiary/aromatic N) is 4. The van der Waals surface area contributed by atoms with E-state index in [4.69, 9.17) is 10.7 Å². The number of thiophene rings is 1. The maximum atomic E-state index is 16.1. The highest BCUT2D eigenvalue weighted by molar-refractivity contribution is 7.15. The minimum Gasteiger partial charge on any atom is -0.402 e. The molecule has 5 aromatic rings. The molecule has 196 valence electrons.